The third-order valence-electron chi connectivity index (χ3n) is 4.12. The van der Waals surface area contributed by atoms with Gasteiger partial charge in [-0.05, 0) is 70.9 Å². The minimum absolute atomic E-state index is 0.163. The van der Waals surface area contributed by atoms with Gasteiger partial charge in [0.05, 0.1) is 17.3 Å². The largest absolute Gasteiger partial charge is 0.495 e. The van der Waals surface area contributed by atoms with Crippen LogP contribution in [0.5, 0.6) is 11.5 Å². The number of anilines is 1. The molecule has 1 amide bonds. The van der Waals surface area contributed by atoms with Gasteiger partial charge in [0.25, 0.3) is 5.91 Å². The standard InChI is InChI=1S/C21H19Br2NO5/c1-12-7-14(22)9-16(23)21(12)28-11-20(26)24-17-8-13(3-5-19(17)27-2)18-6-4-15(10-25)29-18/h3-9,25H,10-11H2,1-2H3,(H,24,26). The second-order valence-corrected chi connectivity index (χ2v) is 7.98. The minimum Gasteiger partial charge on any atom is -0.495 e. The van der Waals surface area contributed by atoms with E-state index in [-0.39, 0.29) is 19.1 Å². The van der Waals surface area contributed by atoms with Crippen LogP contribution in [0.2, 0.25) is 0 Å². The molecule has 0 fully saturated rings. The highest BCUT2D eigenvalue weighted by Gasteiger charge is 2.14. The molecule has 1 heterocycles. The number of rotatable bonds is 7. The topological polar surface area (TPSA) is 80.9 Å². The molecule has 0 radical (unpaired) electrons. The van der Waals surface area contributed by atoms with Crippen molar-refractivity contribution in [1.82, 2.24) is 0 Å². The van der Waals surface area contributed by atoms with E-state index in [0.717, 1.165) is 20.1 Å². The Kier molecular flexibility index (Phi) is 7.00. The Hall–Kier alpha value is -2.29. The number of amides is 1. The summed E-state index contributed by atoms with van der Waals surface area (Å²) in [5.74, 6) is 1.83. The summed E-state index contributed by atoms with van der Waals surface area (Å²) < 4.78 is 18.3. The minimum atomic E-state index is -0.329. The first-order valence-corrected chi connectivity index (χ1v) is 10.3. The monoisotopic (exact) mass is 523 g/mol. The van der Waals surface area contributed by atoms with E-state index < -0.39 is 0 Å². The van der Waals surface area contributed by atoms with Crippen LogP contribution < -0.4 is 14.8 Å². The van der Waals surface area contributed by atoms with Gasteiger partial charge in [-0.1, -0.05) is 15.9 Å². The van der Waals surface area contributed by atoms with Gasteiger partial charge in [-0.2, -0.15) is 0 Å². The second-order valence-electron chi connectivity index (χ2n) is 6.21. The highest BCUT2D eigenvalue weighted by Crippen LogP contribution is 2.33. The van der Waals surface area contributed by atoms with Gasteiger partial charge < -0.3 is 24.3 Å². The van der Waals surface area contributed by atoms with Crippen molar-refractivity contribution in [2.24, 2.45) is 0 Å². The Balaban J connectivity index is 1.74. The molecule has 29 heavy (non-hydrogen) atoms. The number of hydrogen-bond acceptors (Lipinski definition) is 5. The molecule has 6 nitrogen and oxygen atoms in total. The number of nitrogens with one attached hydrogen (secondary N) is 1. The highest BCUT2D eigenvalue weighted by atomic mass is 79.9. The number of hydrogen-bond donors (Lipinski definition) is 2. The lowest BCUT2D eigenvalue weighted by atomic mass is 10.1. The first-order valence-electron chi connectivity index (χ1n) is 8.67. The van der Waals surface area contributed by atoms with Crippen LogP contribution in [-0.4, -0.2) is 24.7 Å². The van der Waals surface area contributed by atoms with Crippen molar-refractivity contribution in [3.63, 3.8) is 0 Å². The van der Waals surface area contributed by atoms with Crippen LogP contribution in [0.15, 0.2) is 55.8 Å². The smallest absolute Gasteiger partial charge is 0.262 e. The van der Waals surface area contributed by atoms with E-state index in [1.54, 1.807) is 24.3 Å². The fraction of sp³-hybridized carbons (Fsp3) is 0.190. The second kappa shape index (κ2) is 9.47. The maximum absolute atomic E-state index is 12.5. The molecule has 0 bridgehead atoms. The maximum Gasteiger partial charge on any atom is 0.262 e. The number of benzene rings is 2. The van der Waals surface area contributed by atoms with Gasteiger partial charge in [0.1, 0.15) is 29.6 Å². The summed E-state index contributed by atoms with van der Waals surface area (Å²) in [6.07, 6.45) is 0. The molecule has 2 N–H and O–H groups in total. The molecule has 0 aliphatic carbocycles. The summed E-state index contributed by atoms with van der Waals surface area (Å²) in [6.45, 7) is 1.56. The third kappa shape index (κ3) is 5.20. The van der Waals surface area contributed by atoms with Crippen molar-refractivity contribution in [1.29, 1.82) is 0 Å². The van der Waals surface area contributed by atoms with E-state index >= 15 is 0 Å². The summed E-state index contributed by atoms with van der Waals surface area (Å²) in [4.78, 5) is 12.5. The zero-order valence-corrected chi connectivity index (χ0v) is 19.0. The summed E-state index contributed by atoms with van der Waals surface area (Å²) >= 11 is 6.87. The number of halogens is 2. The molecule has 1 aromatic heterocycles. The quantitative estimate of drug-likeness (QED) is 0.438. The van der Waals surface area contributed by atoms with Gasteiger partial charge in [0.2, 0.25) is 0 Å². The number of methoxy groups -OCH3 is 1. The van der Waals surface area contributed by atoms with Crippen molar-refractivity contribution < 1.29 is 23.8 Å². The number of furan rings is 1. The molecular formula is C21H19Br2NO5. The first-order chi connectivity index (χ1) is 13.9. The molecular weight excluding hydrogens is 506 g/mol. The molecule has 0 spiro atoms. The van der Waals surface area contributed by atoms with Crippen LogP contribution >= 0.6 is 31.9 Å². The Morgan fingerprint density at radius 2 is 1.97 bits per heavy atom. The number of ether oxygens (including phenoxy) is 2. The Bertz CT molecular complexity index is 1010. The molecule has 0 aliphatic rings. The zero-order valence-electron chi connectivity index (χ0n) is 15.8. The number of aliphatic hydroxyl groups excluding tert-OH is 1. The van der Waals surface area contributed by atoms with Gasteiger partial charge in [-0.3, -0.25) is 4.79 Å². The molecule has 0 atom stereocenters. The average molecular weight is 525 g/mol. The lowest BCUT2D eigenvalue weighted by Crippen LogP contribution is -2.21. The summed E-state index contributed by atoms with van der Waals surface area (Å²) in [6, 6.07) is 12.5. The highest BCUT2D eigenvalue weighted by molar-refractivity contribution is 9.11. The van der Waals surface area contributed by atoms with Crippen LogP contribution in [0, 0.1) is 6.92 Å². The van der Waals surface area contributed by atoms with E-state index in [9.17, 15) is 9.90 Å². The fourth-order valence-electron chi connectivity index (χ4n) is 2.77. The molecule has 8 heteroatoms. The van der Waals surface area contributed by atoms with Gasteiger partial charge >= 0.3 is 0 Å². The molecule has 0 saturated carbocycles. The number of carbonyl (C=O) groups is 1. The fourth-order valence-corrected chi connectivity index (χ4v) is 4.33. The van der Waals surface area contributed by atoms with Crippen LogP contribution in [0.25, 0.3) is 11.3 Å². The van der Waals surface area contributed by atoms with Crippen molar-refractivity contribution in [2.45, 2.75) is 13.5 Å². The normalized spacial score (nSPS) is 10.7. The van der Waals surface area contributed by atoms with E-state index in [2.05, 4.69) is 37.2 Å². The van der Waals surface area contributed by atoms with Crippen molar-refractivity contribution >= 4 is 43.5 Å². The lowest BCUT2D eigenvalue weighted by molar-refractivity contribution is -0.118. The van der Waals surface area contributed by atoms with Crippen molar-refractivity contribution in [3.05, 3.63) is 62.7 Å². The number of carbonyl (C=O) groups excluding carboxylic acids is 1. The molecule has 2 aromatic carbocycles. The average Bonchev–Trinajstić information content (AvgIpc) is 3.16. The summed E-state index contributed by atoms with van der Waals surface area (Å²) in [7, 11) is 1.53. The zero-order chi connectivity index (χ0) is 21.0. The Morgan fingerprint density at radius 3 is 2.62 bits per heavy atom. The predicted octanol–water partition coefficient (Wildman–Crippen LogP) is 5.30. The number of aliphatic hydroxyl groups is 1. The van der Waals surface area contributed by atoms with Gasteiger partial charge in [0, 0.05) is 10.0 Å². The number of aryl methyl sites for hydroxylation is 1. The van der Waals surface area contributed by atoms with E-state index in [0.29, 0.717) is 28.7 Å². The molecule has 3 rings (SSSR count). The SMILES string of the molecule is COc1ccc(-c2ccc(CO)o2)cc1NC(=O)COc1c(C)cc(Br)cc1Br. The molecule has 0 saturated heterocycles. The van der Waals surface area contributed by atoms with Gasteiger partial charge in [-0.15, -0.1) is 0 Å². The Labute approximate surface area is 185 Å². The van der Waals surface area contributed by atoms with E-state index in [4.69, 9.17) is 13.9 Å². The van der Waals surface area contributed by atoms with Crippen LogP contribution in [0.3, 0.4) is 0 Å². The van der Waals surface area contributed by atoms with E-state index in [1.807, 2.05) is 25.1 Å². The van der Waals surface area contributed by atoms with E-state index in [1.165, 1.54) is 7.11 Å². The summed E-state index contributed by atoms with van der Waals surface area (Å²) in [5, 5.41) is 12.0. The molecule has 0 aliphatic heterocycles. The van der Waals surface area contributed by atoms with Gasteiger partial charge in [0.15, 0.2) is 6.61 Å². The van der Waals surface area contributed by atoms with Crippen LogP contribution in [0.1, 0.15) is 11.3 Å². The van der Waals surface area contributed by atoms with Crippen LogP contribution in [-0.2, 0) is 11.4 Å². The third-order valence-corrected chi connectivity index (χ3v) is 5.16. The molecule has 0 unspecified atom stereocenters. The Morgan fingerprint density at radius 1 is 1.17 bits per heavy atom. The molecule has 3 aromatic rings. The predicted molar refractivity (Wildman–Crippen MR) is 117 cm³/mol. The molecule has 152 valence electrons. The van der Waals surface area contributed by atoms with Gasteiger partial charge in [-0.25, -0.2) is 0 Å². The summed E-state index contributed by atoms with van der Waals surface area (Å²) in [5.41, 5.74) is 2.14. The van der Waals surface area contributed by atoms with Crippen molar-refractivity contribution in [2.75, 3.05) is 19.0 Å². The van der Waals surface area contributed by atoms with Crippen molar-refractivity contribution in [3.8, 4) is 22.8 Å². The maximum atomic E-state index is 12.5. The first kappa shape index (κ1) is 21.4. The lowest BCUT2D eigenvalue weighted by Gasteiger charge is -2.14. The van der Waals surface area contributed by atoms with Crippen LogP contribution in [0.4, 0.5) is 5.69 Å².